The van der Waals surface area contributed by atoms with Crippen molar-refractivity contribution < 1.29 is 9.31 Å². The first kappa shape index (κ1) is 15.9. The van der Waals surface area contributed by atoms with Gasteiger partial charge in [-0.05, 0) is 41.1 Å². The molecule has 0 saturated carbocycles. The van der Waals surface area contributed by atoms with Gasteiger partial charge in [0.15, 0.2) is 0 Å². The molecule has 2 rings (SSSR count). The predicted molar refractivity (Wildman–Crippen MR) is 87.0 cm³/mol. The van der Waals surface area contributed by atoms with Crippen LogP contribution in [0.3, 0.4) is 0 Å². The molecular formula is C14H11Br2FN2O2. The third kappa shape index (κ3) is 3.79. The average molecular weight is 418 g/mol. The summed E-state index contributed by atoms with van der Waals surface area (Å²) in [7, 11) is 0. The Balaban J connectivity index is 2.23. The van der Waals surface area contributed by atoms with Gasteiger partial charge in [-0.15, -0.1) is 0 Å². The third-order valence-electron chi connectivity index (χ3n) is 2.97. The van der Waals surface area contributed by atoms with Crippen LogP contribution < -0.4 is 5.32 Å². The van der Waals surface area contributed by atoms with Crippen molar-refractivity contribution in [2.24, 2.45) is 0 Å². The molecule has 0 amide bonds. The summed E-state index contributed by atoms with van der Waals surface area (Å²) in [5.41, 5.74) is 1.62. The second kappa shape index (κ2) is 6.53. The fourth-order valence-corrected chi connectivity index (χ4v) is 2.78. The summed E-state index contributed by atoms with van der Waals surface area (Å²) in [6, 6.07) is 7.88. The highest BCUT2D eigenvalue weighted by molar-refractivity contribution is 9.10. The van der Waals surface area contributed by atoms with E-state index in [4.69, 9.17) is 0 Å². The molecule has 0 radical (unpaired) electrons. The highest BCUT2D eigenvalue weighted by Crippen LogP contribution is 2.31. The SMILES string of the molecule is Cc1cc(Br)c(NCc2ccc(Br)cc2F)cc1[N+](=O)[O-]. The fraction of sp³-hybridized carbons (Fsp3) is 0.143. The first-order valence-electron chi connectivity index (χ1n) is 6.01. The van der Waals surface area contributed by atoms with Gasteiger partial charge in [0.2, 0.25) is 0 Å². The van der Waals surface area contributed by atoms with Crippen LogP contribution >= 0.6 is 31.9 Å². The van der Waals surface area contributed by atoms with E-state index in [9.17, 15) is 14.5 Å². The van der Waals surface area contributed by atoms with Crippen molar-refractivity contribution >= 4 is 43.2 Å². The van der Waals surface area contributed by atoms with E-state index in [1.54, 1.807) is 25.1 Å². The van der Waals surface area contributed by atoms with Gasteiger partial charge in [-0.25, -0.2) is 4.39 Å². The second-order valence-corrected chi connectivity index (χ2v) is 6.23. The van der Waals surface area contributed by atoms with Gasteiger partial charge in [-0.2, -0.15) is 0 Å². The minimum atomic E-state index is -0.437. The summed E-state index contributed by atoms with van der Waals surface area (Å²) >= 11 is 6.54. The normalized spacial score (nSPS) is 10.5. The number of rotatable bonds is 4. The number of aryl methyl sites for hydroxylation is 1. The molecule has 0 aromatic heterocycles. The Hall–Kier alpha value is -1.47. The number of hydrogen-bond donors (Lipinski definition) is 1. The lowest BCUT2D eigenvalue weighted by molar-refractivity contribution is -0.385. The van der Waals surface area contributed by atoms with Crippen LogP contribution in [0.5, 0.6) is 0 Å². The molecular weight excluding hydrogens is 407 g/mol. The van der Waals surface area contributed by atoms with Crippen molar-refractivity contribution in [2.75, 3.05) is 5.32 Å². The highest BCUT2D eigenvalue weighted by Gasteiger charge is 2.14. The summed E-state index contributed by atoms with van der Waals surface area (Å²) in [4.78, 5) is 10.5. The molecule has 0 aliphatic rings. The molecule has 0 atom stereocenters. The zero-order valence-corrected chi connectivity index (χ0v) is 14.2. The Morgan fingerprint density at radius 2 is 2.00 bits per heavy atom. The number of nitro benzene ring substituents is 1. The molecule has 0 fully saturated rings. The molecule has 110 valence electrons. The van der Waals surface area contributed by atoms with Crippen molar-refractivity contribution in [1.29, 1.82) is 0 Å². The number of nitro groups is 1. The van der Waals surface area contributed by atoms with E-state index >= 15 is 0 Å². The van der Waals surface area contributed by atoms with E-state index in [1.165, 1.54) is 12.1 Å². The molecule has 21 heavy (non-hydrogen) atoms. The monoisotopic (exact) mass is 416 g/mol. The lowest BCUT2D eigenvalue weighted by atomic mass is 10.1. The van der Waals surface area contributed by atoms with Crippen LogP contribution in [0, 0.1) is 22.9 Å². The minimum Gasteiger partial charge on any atom is -0.380 e. The Morgan fingerprint density at radius 3 is 2.62 bits per heavy atom. The molecule has 2 aromatic rings. The van der Waals surface area contributed by atoms with Gasteiger partial charge in [-0.1, -0.05) is 22.0 Å². The topological polar surface area (TPSA) is 55.2 Å². The molecule has 0 bridgehead atoms. The van der Waals surface area contributed by atoms with Crippen molar-refractivity contribution in [2.45, 2.75) is 13.5 Å². The molecule has 2 aromatic carbocycles. The summed E-state index contributed by atoms with van der Waals surface area (Å²) in [6.45, 7) is 1.90. The number of halogens is 3. The van der Waals surface area contributed by atoms with Crippen LogP contribution in [0.4, 0.5) is 15.8 Å². The maximum Gasteiger partial charge on any atom is 0.274 e. The lowest BCUT2D eigenvalue weighted by Crippen LogP contribution is -2.03. The quantitative estimate of drug-likeness (QED) is 0.550. The van der Waals surface area contributed by atoms with Crippen molar-refractivity contribution in [1.82, 2.24) is 0 Å². The van der Waals surface area contributed by atoms with Gasteiger partial charge in [0, 0.05) is 32.7 Å². The molecule has 7 heteroatoms. The second-order valence-electron chi connectivity index (χ2n) is 4.46. The standard InChI is InChI=1S/C14H11Br2FN2O2/c1-8-4-11(16)13(6-14(8)19(20)21)18-7-9-2-3-10(15)5-12(9)17/h2-6,18H,7H2,1H3. The van der Waals surface area contributed by atoms with E-state index in [-0.39, 0.29) is 18.0 Å². The summed E-state index contributed by atoms with van der Waals surface area (Å²) in [5, 5.41) is 14.0. The zero-order valence-electron chi connectivity index (χ0n) is 11.0. The van der Waals surface area contributed by atoms with Gasteiger partial charge >= 0.3 is 0 Å². The van der Waals surface area contributed by atoms with E-state index in [1.807, 2.05) is 0 Å². The van der Waals surface area contributed by atoms with Gasteiger partial charge in [-0.3, -0.25) is 10.1 Å². The van der Waals surface area contributed by atoms with E-state index in [2.05, 4.69) is 37.2 Å². The molecule has 1 N–H and O–H groups in total. The molecule has 0 spiro atoms. The Bertz CT molecular complexity index is 708. The lowest BCUT2D eigenvalue weighted by Gasteiger charge is -2.10. The van der Waals surface area contributed by atoms with Gasteiger partial charge in [0.1, 0.15) is 5.82 Å². The van der Waals surface area contributed by atoms with Crippen LogP contribution in [0.2, 0.25) is 0 Å². The smallest absolute Gasteiger partial charge is 0.274 e. The van der Waals surface area contributed by atoms with Crippen molar-refractivity contribution in [3.05, 3.63) is 66.3 Å². The van der Waals surface area contributed by atoms with Gasteiger partial charge in [0.25, 0.3) is 5.69 Å². The number of nitrogens with one attached hydrogen (secondary N) is 1. The van der Waals surface area contributed by atoms with Gasteiger partial charge < -0.3 is 5.32 Å². The zero-order chi connectivity index (χ0) is 15.6. The first-order valence-corrected chi connectivity index (χ1v) is 7.59. The maximum absolute atomic E-state index is 13.7. The first-order chi connectivity index (χ1) is 9.88. The third-order valence-corrected chi connectivity index (χ3v) is 4.12. The Kier molecular flexibility index (Phi) is 4.95. The number of hydrogen-bond acceptors (Lipinski definition) is 3. The average Bonchev–Trinajstić information content (AvgIpc) is 2.39. The van der Waals surface area contributed by atoms with Crippen molar-refractivity contribution in [3.63, 3.8) is 0 Å². The maximum atomic E-state index is 13.7. The molecule has 0 saturated heterocycles. The van der Waals surface area contributed by atoms with Crippen LogP contribution in [-0.4, -0.2) is 4.92 Å². The molecule has 0 aliphatic heterocycles. The van der Waals surface area contributed by atoms with Crippen molar-refractivity contribution in [3.8, 4) is 0 Å². The van der Waals surface area contributed by atoms with E-state index in [0.717, 1.165) is 0 Å². The summed E-state index contributed by atoms with van der Waals surface area (Å²) < 4.78 is 15.1. The molecule has 0 heterocycles. The Morgan fingerprint density at radius 1 is 1.29 bits per heavy atom. The van der Waals surface area contributed by atoms with Gasteiger partial charge in [0.05, 0.1) is 10.6 Å². The number of anilines is 1. The van der Waals surface area contributed by atoms with Crippen LogP contribution in [0.25, 0.3) is 0 Å². The molecule has 0 unspecified atom stereocenters. The summed E-state index contributed by atoms with van der Waals surface area (Å²) in [6.07, 6.45) is 0. The van der Waals surface area contributed by atoms with E-state index < -0.39 is 4.92 Å². The minimum absolute atomic E-state index is 0.0250. The van der Waals surface area contributed by atoms with Crippen LogP contribution in [0.1, 0.15) is 11.1 Å². The summed E-state index contributed by atoms with van der Waals surface area (Å²) in [5.74, 6) is -0.338. The molecule has 4 nitrogen and oxygen atoms in total. The van der Waals surface area contributed by atoms with E-state index in [0.29, 0.717) is 25.8 Å². The van der Waals surface area contributed by atoms with Crippen LogP contribution in [-0.2, 0) is 6.54 Å². The number of nitrogens with zero attached hydrogens (tertiary/aromatic N) is 1. The molecule has 0 aliphatic carbocycles. The fourth-order valence-electron chi connectivity index (χ4n) is 1.85. The van der Waals surface area contributed by atoms with Crippen LogP contribution in [0.15, 0.2) is 39.3 Å². The number of benzene rings is 2. The predicted octanol–water partition coefficient (Wildman–Crippen LogP) is 5.18. The largest absolute Gasteiger partial charge is 0.380 e. The highest BCUT2D eigenvalue weighted by atomic mass is 79.9. The Labute approximate surface area is 137 Å².